The van der Waals surface area contributed by atoms with Crippen molar-refractivity contribution in [2.45, 2.75) is 31.7 Å². The first kappa shape index (κ1) is 13.1. The zero-order chi connectivity index (χ0) is 13.1. The van der Waals surface area contributed by atoms with E-state index in [2.05, 4.69) is 0 Å². The fraction of sp³-hybridized carbons (Fsp3) is 0.833. The summed E-state index contributed by atoms with van der Waals surface area (Å²) in [5.74, 6) is -1.27. The van der Waals surface area contributed by atoms with Gasteiger partial charge in [0.25, 0.3) is 0 Å². The molecule has 0 aromatic rings. The third-order valence-corrected chi connectivity index (χ3v) is 3.62. The Balaban J connectivity index is 1.96. The molecule has 2 rings (SSSR count). The molecule has 2 amide bonds. The molecule has 2 N–H and O–H groups in total. The molecule has 0 spiro atoms. The van der Waals surface area contributed by atoms with Gasteiger partial charge in [-0.1, -0.05) is 0 Å². The zero-order valence-electron chi connectivity index (χ0n) is 10.4. The summed E-state index contributed by atoms with van der Waals surface area (Å²) < 4.78 is 0. The molecule has 2 aliphatic rings. The number of hydrogen-bond acceptors (Lipinski definition) is 3. The van der Waals surface area contributed by atoms with Crippen molar-refractivity contribution in [1.82, 2.24) is 9.80 Å². The highest BCUT2D eigenvalue weighted by atomic mass is 16.4. The fourth-order valence-electron chi connectivity index (χ4n) is 2.46. The second kappa shape index (κ2) is 5.56. The molecule has 1 unspecified atom stereocenters. The number of carboxylic acid groups (broad SMARTS) is 1. The molecule has 0 radical (unpaired) electrons. The van der Waals surface area contributed by atoms with Gasteiger partial charge in [0.05, 0.1) is 12.5 Å². The fourth-order valence-corrected chi connectivity index (χ4v) is 2.46. The van der Waals surface area contributed by atoms with Gasteiger partial charge in [-0.05, 0) is 25.7 Å². The molecule has 102 valence electrons. The molecular formula is C12H20N2O4. The van der Waals surface area contributed by atoms with Gasteiger partial charge < -0.3 is 20.0 Å². The van der Waals surface area contributed by atoms with Crippen molar-refractivity contribution >= 4 is 12.0 Å². The third kappa shape index (κ3) is 2.93. The number of hydrogen-bond donors (Lipinski definition) is 2. The maximum absolute atomic E-state index is 12.3. The lowest BCUT2D eigenvalue weighted by Crippen LogP contribution is -2.50. The number of rotatable bonds is 4. The highest BCUT2D eigenvalue weighted by Crippen LogP contribution is 2.28. The highest BCUT2D eigenvalue weighted by Gasteiger charge is 2.36. The molecular weight excluding hydrogens is 236 g/mol. The number of carboxylic acids is 1. The lowest BCUT2D eigenvalue weighted by atomic mass is 9.98. The molecule has 2 fully saturated rings. The van der Waals surface area contributed by atoms with Crippen LogP contribution >= 0.6 is 0 Å². The standard InChI is InChI=1S/C12H20N2O4/c15-7-6-14(10-3-4-10)12(18)13-5-1-2-9(8-13)11(16)17/h9-10,15H,1-8H2,(H,16,17). The number of aliphatic hydroxyl groups excluding tert-OH is 1. The Morgan fingerprint density at radius 1 is 1.28 bits per heavy atom. The van der Waals surface area contributed by atoms with E-state index < -0.39 is 11.9 Å². The molecule has 1 aliphatic carbocycles. The molecule has 6 heteroatoms. The normalized spacial score (nSPS) is 23.8. The number of carbonyl (C=O) groups is 2. The van der Waals surface area contributed by atoms with Gasteiger partial charge in [0.1, 0.15) is 0 Å². The van der Waals surface area contributed by atoms with E-state index in [4.69, 9.17) is 10.2 Å². The lowest BCUT2D eigenvalue weighted by Gasteiger charge is -2.35. The maximum atomic E-state index is 12.3. The second-order valence-electron chi connectivity index (χ2n) is 5.05. The van der Waals surface area contributed by atoms with Crippen LogP contribution in [0.25, 0.3) is 0 Å². The first-order valence-corrected chi connectivity index (χ1v) is 6.52. The van der Waals surface area contributed by atoms with Crippen LogP contribution in [0.2, 0.25) is 0 Å². The minimum Gasteiger partial charge on any atom is -0.481 e. The molecule has 18 heavy (non-hydrogen) atoms. The van der Waals surface area contributed by atoms with Crippen molar-refractivity contribution in [3.8, 4) is 0 Å². The largest absolute Gasteiger partial charge is 0.481 e. The van der Waals surface area contributed by atoms with Crippen molar-refractivity contribution in [3.05, 3.63) is 0 Å². The number of urea groups is 1. The van der Waals surface area contributed by atoms with Gasteiger partial charge >= 0.3 is 12.0 Å². The molecule has 6 nitrogen and oxygen atoms in total. The van der Waals surface area contributed by atoms with Gasteiger partial charge in [-0.15, -0.1) is 0 Å². The van der Waals surface area contributed by atoms with Gasteiger partial charge in [0.15, 0.2) is 0 Å². The quantitative estimate of drug-likeness (QED) is 0.761. The number of piperidine rings is 1. The van der Waals surface area contributed by atoms with Gasteiger partial charge in [0.2, 0.25) is 0 Å². The summed E-state index contributed by atoms with van der Waals surface area (Å²) in [6.07, 6.45) is 3.35. The molecule has 1 saturated carbocycles. The molecule has 1 aliphatic heterocycles. The van der Waals surface area contributed by atoms with E-state index in [1.807, 2.05) is 0 Å². The number of carbonyl (C=O) groups excluding carboxylic acids is 1. The van der Waals surface area contributed by atoms with Crippen LogP contribution in [0.3, 0.4) is 0 Å². The van der Waals surface area contributed by atoms with Gasteiger partial charge in [0, 0.05) is 25.7 Å². The van der Waals surface area contributed by atoms with E-state index in [0.29, 0.717) is 26.1 Å². The molecule has 1 saturated heterocycles. The van der Waals surface area contributed by atoms with E-state index in [1.54, 1.807) is 9.80 Å². The van der Waals surface area contributed by atoms with Crippen LogP contribution in [-0.2, 0) is 4.79 Å². The topological polar surface area (TPSA) is 81.1 Å². The first-order valence-electron chi connectivity index (χ1n) is 6.52. The van der Waals surface area contributed by atoms with Crippen molar-refractivity contribution in [1.29, 1.82) is 0 Å². The minimum atomic E-state index is -0.826. The maximum Gasteiger partial charge on any atom is 0.320 e. The summed E-state index contributed by atoms with van der Waals surface area (Å²) in [6.45, 7) is 1.22. The SMILES string of the molecule is O=C(O)C1CCCN(C(=O)N(CCO)C2CC2)C1. The monoisotopic (exact) mass is 256 g/mol. The molecule has 0 aromatic carbocycles. The summed E-state index contributed by atoms with van der Waals surface area (Å²) in [7, 11) is 0. The number of nitrogens with zero attached hydrogens (tertiary/aromatic N) is 2. The van der Waals surface area contributed by atoms with Crippen LogP contribution in [0, 0.1) is 5.92 Å². The lowest BCUT2D eigenvalue weighted by molar-refractivity contribution is -0.143. The summed E-state index contributed by atoms with van der Waals surface area (Å²) in [4.78, 5) is 26.6. The minimum absolute atomic E-state index is 0.0432. The predicted octanol–water partition coefficient (Wildman–Crippen LogP) is 0.360. The summed E-state index contributed by atoms with van der Waals surface area (Å²) in [5.41, 5.74) is 0. The first-order chi connectivity index (χ1) is 8.63. The average molecular weight is 256 g/mol. The molecule has 0 bridgehead atoms. The van der Waals surface area contributed by atoms with Crippen LogP contribution in [0.5, 0.6) is 0 Å². The summed E-state index contributed by atoms with van der Waals surface area (Å²) >= 11 is 0. The summed E-state index contributed by atoms with van der Waals surface area (Å²) in [5, 5.41) is 18.0. The van der Waals surface area contributed by atoms with Gasteiger partial charge in [-0.2, -0.15) is 0 Å². The van der Waals surface area contributed by atoms with Crippen molar-refractivity contribution in [3.63, 3.8) is 0 Å². The Kier molecular flexibility index (Phi) is 4.06. The number of amides is 2. The Morgan fingerprint density at radius 3 is 2.56 bits per heavy atom. The number of likely N-dealkylation sites (tertiary alicyclic amines) is 1. The van der Waals surface area contributed by atoms with Crippen LogP contribution in [-0.4, -0.2) is 64.3 Å². The average Bonchev–Trinajstić information content (AvgIpc) is 3.19. The van der Waals surface area contributed by atoms with E-state index in [1.165, 1.54) is 0 Å². The highest BCUT2D eigenvalue weighted by molar-refractivity contribution is 5.77. The third-order valence-electron chi connectivity index (χ3n) is 3.62. The van der Waals surface area contributed by atoms with Crippen LogP contribution in [0.4, 0.5) is 4.79 Å². The number of aliphatic hydroxyl groups is 1. The Bertz CT molecular complexity index is 330. The molecule has 0 aromatic heterocycles. The van der Waals surface area contributed by atoms with E-state index in [0.717, 1.165) is 19.3 Å². The Morgan fingerprint density at radius 2 is 2.00 bits per heavy atom. The predicted molar refractivity (Wildman–Crippen MR) is 64.1 cm³/mol. The van der Waals surface area contributed by atoms with E-state index in [9.17, 15) is 9.59 Å². The van der Waals surface area contributed by atoms with Crippen molar-refractivity contribution < 1.29 is 19.8 Å². The van der Waals surface area contributed by atoms with Gasteiger partial charge in [-0.25, -0.2) is 4.79 Å². The Hall–Kier alpha value is -1.30. The van der Waals surface area contributed by atoms with E-state index >= 15 is 0 Å². The van der Waals surface area contributed by atoms with Crippen molar-refractivity contribution in [2.75, 3.05) is 26.2 Å². The Labute approximate surface area is 106 Å². The van der Waals surface area contributed by atoms with Crippen LogP contribution in [0.1, 0.15) is 25.7 Å². The molecule has 1 heterocycles. The number of aliphatic carboxylic acids is 1. The summed E-state index contributed by atoms with van der Waals surface area (Å²) in [6, 6.07) is 0.132. The van der Waals surface area contributed by atoms with Crippen LogP contribution in [0.15, 0.2) is 0 Å². The van der Waals surface area contributed by atoms with Crippen LogP contribution < -0.4 is 0 Å². The molecule has 1 atom stereocenters. The smallest absolute Gasteiger partial charge is 0.320 e. The van der Waals surface area contributed by atoms with Gasteiger partial charge in [-0.3, -0.25) is 4.79 Å². The zero-order valence-corrected chi connectivity index (χ0v) is 10.4. The van der Waals surface area contributed by atoms with E-state index in [-0.39, 0.29) is 18.7 Å². The second-order valence-corrected chi connectivity index (χ2v) is 5.05. The van der Waals surface area contributed by atoms with Crippen molar-refractivity contribution in [2.24, 2.45) is 5.92 Å².